The van der Waals surface area contributed by atoms with Gasteiger partial charge < -0.3 is 16.4 Å². The van der Waals surface area contributed by atoms with Gasteiger partial charge in [-0.15, -0.1) is 0 Å². The van der Waals surface area contributed by atoms with Crippen molar-refractivity contribution in [1.82, 2.24) is 10.6 Å². The number of carbonyl (C=O) groups is 1. The molecule has 0 aromatic heterocycles. The molecule has 4 N–H and O–H groups in total. The maximum absolute atomic E-state index is 11.8. The van der Waals surface area contributed by atoms with Crippen LogP contribution in [0, 0.1) is 0 Å². The first-order valence-corrected chi connectivity index (χ1v) is 5.77. The van der Waals surface area contributed by atoms with Crippen molar-refractivity contribution in [3.8, 4) is 0 Å². The predicted octanol–water partition coefficient (Wildman–Crippen LogP) is 1.94. The van der Waals surface area contributed by atoms with E-state index in [1.165, 1.54) is 0 Å². The predicted molar refractivity (Wildman–Crippen MR) is 65.4 cm³/mol. The van der Waals surface area contributed by atoms with E-state index in [1.54, 1.807) is 5.32 Å². The van der Waals surface area contributed by atoms with Gasteiger partial charge in [0.25, 0.3) is 0 Å². The first-order chi connectivity index (χ1) is 8.88. The summed E-state index contributed by atoms with van der Waals surface area (Å²) in [5.74, 6) is 0. The largest absolute Gasteiger partial charge is 0.405 e. The van der Waals surface area contributed by atoms with E-state index in [1.807, 2.05) is 30.3 Å². The second-order valence-corrected chi connectivity index (χ2v) is 4.03. The molecule has 0 fully saturated rings. The average Bonchev–Trinajstić information content (AvgIpc) is 2.36. The first-order valence-electron chi connectivity index (χ1n) is 5.77. The normalized spacial score (nSPS) is 12.8. The van der Waals surface area contributed by atoms with Crippen LogP contribution in [0.1, 0.15) is 18.0 Å². The fraction of sp³-hybridized carbons (Fsp3) is 0.417. The van der Waals surface area contributed by atoms with Gasteiger partial charge in [0.05, 0.1) is 0 Å². The zero-order valence-electron chi connectivity index (χ0n) is 10.2. The number of alkyl halides is 3. The number of nitrogens with one attached hydrogen (secondary N) is 2. The van der Waals surface area contributed by atoms with Gasteiger partial charge in [-0.2, -0.15) is 13.2 Å². The zero-order chi connectivity index (χ0) is 14.3. The number of benzene rings is 1. The molecule has 0 spiro atoms. The molecule has 106 valence electrons. The Morgan fingerprint density at radius 2 is 1.84 bits per heavy atom. The molecule has 0 saturated heterocycles. The van der Waals surface area contributed by atoms with Crippen LogP contribution in [-0.2, 0) is 0 Å². The molecule has 0 bridgehead atoms. The minimum absolute atomic E-state index is 0.208. The van der Waals surface area contributed by atoms with Crippen LogP contribution in [0.4, 0.5) is 18.0 Å². The number of hydrogen-bond acceptors (Lipinski definition) is 2. The number of hydrogen-bond donors (Lipinski definition) is 3. The van der Waals surface area contributed by atoms with Crippen LogP contribution < -0.4 is 16.4 Å². The standard InChI is InChI=1S/C12H16F3N3O/c13-12(14,15)8-18-11(19)17-7-6-10(16)9-4-2-1-3-5-9/h1-5,10H,6-8,16H2,(H2,17,18,19). The number of amides is 2. The summed E-state index contributed by atoms with van der Waals surface area (Å²) >= 11 is 0. The summed E-state index contributed by atoms with van der Waals surface area (Å²) in [5, 5.41) is 4.05. The van der Waals surface area contributed by atoms with Gasteiger partial charge in [0.2, 0.25) is 0 Å². The molecule has 1 aromatic carbocycles. The Morgan fingerprint density at radius 3 is 2.42 bits per heavy atom. The van der Waals surface area contributed by atoms with Crippen LogP contribution in [0.25, 0.3) is 0 Å². The minimum Gasteiger partial charge on any atom is -0.338 e. The maximum atomic E-state index is 11.8. The van der Waals surface area contributed by atoms with E-state index < -0.39 is 18.8 Å². The molecule has 0 radical (unpaired) electrons. The molecular weight excluding hydrogens is 259 g/mol. The lowest BCUT2D eigenvalue weighted by Gasteiger charge is -2.13. The molecule has 0 aliphatic rings. The highest BCUT2D eigenvalue weighted by molar-refractivity contribution is 5.73. The van der Waals surface area contributed by atoms with Gasteiger partial charge in [-0.05, 0) is 12.0 Å². The molecule has 1 unspecified atom stereocenters. The van der Waals surface area contributed by atoms with Crippen LogP contribution in [-0.4, -0.2) is 25.3 Å². The number of carbonyl (C=O) groups excluding carboxylic acids is 1. The van der Waals surface area contributed by atoms with Crippen molar-refractivity contribution >= 4 is 6.03 Å². The van der Waals surface area contributed by atoms with Gasteiger partial charge in [0.1, 0.15) is 6.54 Å². The molecule has 0 saturated carbocycles. The Kier molecular flexibility index (Phi) is 5.62. The molecule has 2 amide bonds. The third-order valence-corrected chi connectivity index (χ3v) is 2.42. The number of nitrogens with two attached hydrogens (primary N) is 1. The first kappa shape index (κ1) is 15.3. The Morgan fingerprint density at radius 1 is 1.21 bits per heavy atom. The maximum Gasteiger partial charge on any atom is 0.405 e. The summed E-state index contributed by atoms with van der Waals surface area (Å²) in [7, 11) is 0. The summed E-state index contributed by atoms with van der Waals surface area (Å²) < 4.78 is 35.5. The monoisotopic (exact) mass is 275 g/mol. The Bertz CT molecular complexity index is 395. The van der Waals surface area contributed by atoms with E-state index in [9.17, 15) is 18.0 Å². The molecule has 7 heteroatoms. The van der Waals surface area contributed by atoms with Crippen LogP contribution in [0.15, 0.2) is 30.3 Å². The second-order valence-electron chi connectivity index (χ2n) is 4.03. The van der Waals surface area contributed by atoms with Crippen molar-refractivity contribution in [2.75, 3.05) is 13.1 Å². The number of halogens is 3. The minimum atomic E-state index is -4.40. The fourth-order valence-corrected chi connectivity index (χ4v) is 1.45. The third-order valence-electron chi connectivity index (χ3n) is 2.42. The van der Waals surface area contributed by atoms with E-state index in [0.29, 0.717) is 6.42 Å². The lowest BCUT2D eigenvalue weighted by atomic mass is 10.1. The molecule has 0 aliphatic heterocycles. The Labute approximate surface area is 109 Å². The molecule has 19 heavy (non-hydrogen) atoms. The lowest BCUT2D eigenvalue weighted by molar-refractivity contribution is -0.122. The van der Waals surface area contributed by atoms with Crippen molar-refractivity contribution in [2.24, 2.45) is 5.73 Å². The summed E-state index contributed by atoms with van der Waals surface area (Å²) in [4.78, 5) is 11.0. The second kappa shape index (κ2) is 6.98. The molecule has 1 atom stereocenters. The third kappa shape index (κ3) is 6.66. The number of rotatable bonds is 5. The van der Waals surface area contributed by atoms with E-state index in [-0.39, 0.29) is 12.6 Å². The van der Waals surface area contributed by atoms with Crippen LogP contribution >= 0.6 is 0 Å². The molecule has 4 nitrogen and oxygen atoms in total. The summed E-state index contributed by atoms with van der Waals surface area (Å²) in [6.07, 6.45) is -3.96. The highest BCUT2D eigenvalue weighted by atomic mass is 19.4. The van der Waals surface area contributed by atoms with Crippen molar-refractivity contribution in [3.63, 3.8) is 0 Å². The molecular formula is C12H16F3N3O. The topological polar surface area (TPSA) is 67.1 Å². The van der Waals surface area contributed by atoms with Gasteiger partial charge in [0, 0.05) is 12.6 Å². The molecule has 1 rings (SSSR count). The number of urea groups is 1. The van der Waals surface area contributed by atoms with Crippen molar-refractivity contribution in [1.29, 1.82) is 0 Å². The van der Waals surface area contributed by atoms with Crippen LogP contribution in [0.2, 0.25) is 0 Å². The summed E-state index contributed by atoms with van der Waals surface area (Å²) in [6.45, 7) is -1.14. The van der Waals surface area contributed by atoms with Gasteiger partial charge in [-0.25, -0.2) is 4.79 Å². The average molecular weight is 275 g/mol. The van der Waals surface area contributed by atoms with Crippen LogP contribution in [0.3, 0.4) is 0 Å². The van der Waals surface area contributed by atoms with Gasteiger partial charge >= 0.3 is 12.2 Å². The van der Waals surface area contributed by atoms with Gasteiger partial charge in [-0.1, -0.05) is 30.3 Å². The van der Waals surface area contributed by atoms with E-state index >= 15 is 0 Å². The highest BCUT2D eigenvalue weighted by Gasteiger charge is 2.27. The summed E-state index contributed by atoms with van der Waals surface area (Å²) in [5.41, 5.74) is 6.79. The van der Waals surface area contributed by atoms with Crippen molar-refractivity contribution < 1.29 is 18.0 Å². The van der Waals surface area contributed by atoms with E-state index in [4.69, 9.17) is 5.73 Å². The van der Waals surface area contributed by atoms with Crippen molar-refractivity contribution in [3.05, 3.63) is 35.9 Å². The molecule has 0 heterocycles. The fourth-order valence-electron chi connectivity index (χ4n) is 1.45. The summed E-state index contributed by atoms with van der Waals surface area (Å²) in [6, 6.07) is 8.15. The van der Waals surface area contributed by atoms with Gasteiger partial charge in [0.15, 0.2) is 0 Å². The Balaban J connectivity index is 2.22. The smallest absolute Gasteiger partial charge is 0.338 e. The van der Waals surface area contributed by atoms with E-state index in [0.717, 1.165) is 5.56 Å². The molecule has 1 aromatic rings. The van der Waals surface area contributed by atoms with Gasteiger partial charge in [-0.3, -0.25) is 0 Å². The van der Waals surface area contributed by atoms with Crippen molar-refractivity contribution in [2.45, 2.75) is 18.6 Å². The molecule has 0 aliphatic carbocycles. The Hall–Kier alpha value is -1.76. The van der Waals surface area contributed by atoms with E-state index in [2.05, 4.69) is 5.32 Å². The van der Waals surface area contributed by atoms with Crippen LogP contribution in [0.5, 0.6) is 0 Å². The lowest BCUT2D eigenvalue weighted by Crippen LogP contribution is -2.41. The zero-order valence-corrected chi connectivity index (χ0v) is 10.2. The SMILES string of the molecule is NC(CCNC(=O)NCC(F)(F)F)c1ccccc1. The highest BCUT2D eigenvalue weighted by Crippen LogP contribution is 2.13. The quantitative estimate of drug-likeness (QED) is 0.768.